The lowest BCUT2D eigenvalue weighted by Crippen LogP contribution is -2.37. The number of ether oxygens (including phenoxy) is 1. The standard InChI is InChI=1S/C22H26N2O3/c1-2-21(25)23-13-6-14-24(16-15-23)22(26)17-18-9-11-20(12-10-18)27-19-7-4-3-5-8-19/h3-5,7-12H,2,6,13-17H2,1H3. The molecule has 0 spiro atoms. The van der Waals surface area contributed by atoms with Crippen molar-refractivity contribution < 1.29 is 14.3 Å². The molecule has 0 N–H and O–H groups in total. The maximum Gasteiger partial charge on any atom is 0.227 e. The summed E-state index contributed by atoms with van der Waals surface area (Å²) < 4.78 is 5.78. The van der Waals surface area contributed by atoms with Crippen molar-refractivity contribution in [2.75, 3.05) is 26.2 Å². The summed E-state index contributed by atoms with van der Waals surface area (Å²) in [6.07, 6.45) is 1.72. The third-order valence-electron chi connectivity index (χ3n) is 4.76. The molecule has 0 radical (unpaired) electrons. The van der Waals surface area contributed by atoms with Gasteiger partial charge >= 0.3 is 0 Å². The Balaban J connectivity index is 1.54. The van der Waals surface area contributed by atoms with Gasteiger partial charge in [0.25, 0.3) is 0 Å². The average molecular weight is 366 g/mol. The van der Waals surface area contributed by atoms with Gasteiger partial charge in [0.05, 0.1) is 6.42 Å². The van der Waals surface area contributed by atoms with E-state index < -0.39 is 0 Å². The van der Waals surface area contributed by atoms with Gasteiger partial charge in [0.15, 0.2) is 0 Å². The smallest absolute Gasteiger partial charge is 0.227 e. The summed E-state index contributed by atoms with van der Waals surface area (Å²) in [4.78, 5) is 28.2. The van der Waals surface area contributed by atoms with Crippen LogP contribution >= 0.6 is 0 Å². The fourth-order valence-corrected chi connectivity index (χ4v) is 3.23. The first-order valence-corrected chi connectivity index (χ1v) is 9.53. The molecule has 1 aliphatic rings. The summed E-state index contributed by atoms with van der Waals surface area (Å²) in [6.45, 7) is 4.56. The normalized spacial score (nSPS) is 14.6. The van der Waals surface area contributed by atoms with E-state index in [9.17, 15) is 9.59 Å². The van der Waals surface area contributed by atoms with Gasteiger partial charge in [-0.3, -0.25) is 9.59 Å². The highest BCUT2D eigenvalue weighted by Crippen LogP contribution is 2.21. The van der Waals surface area contributed by atoms with Crippen molar-refractivity contribution in [1.29, 1.82) is 0 Å². The van der Waals surface area contributed by atoms with E-state index in [1.807, 2.05) is 71.3 Å². The van der Waals surface area contributed by atoms with Crippen LogP contribution in [0.5, 0.6) is 11.5 Å². The SMILES string of the molecule is CCC(=O)N1CCCN(C(=O)Cc2ccc(Oc3ccccc3)cc2)CC1. The van der Waals surface area contributed by atoms with Crippen molar-refractivity contribution in [3.05, 3.63) is 60.2 Å². The third kappa shape index (κ3) is 5.33. The highest BCUT2D eigenvalue weighted by atomic mass is 16.5. The molecule has 1 heterocycles. The van der Waals surface area contributed by atoms with Crippen LogP contribution in [0.2, 0.25) is 0 Å². The van der Waals surface area contributed by atoms with Crippen molar-refractivity contribution in [1.82, 2.24) is 9.80 Å². The molecule has 1 fully saturated rings. The molecule has 1 aliphatic heterocycles. The molecule has 0 unspecified atom stereocenters. The van der Waals surface area contributed by atoms with Gasteiger partial charge in [-0.05, 0) is 36.2 Å². The number of hydrogen-bond donors (Lipinski definition) is 0. The average Bonchev–Trinajstić information content (AvgIpc) is 2.96. The third-order valence-corrected chi connectivity index (χ3v) is 4.76. The molecular formula is C22H26N2O3. The highest BCUT2D eigenvalue weighted by Gasteiger charge is 2.21. The second kappa shape index (κ2) is 9.21. The van der Waals surface area contributed by atoms with Crippen LogP contribution in [0.4, 0.5) is 0 Å². The van der Waals surface area contributed by atoms with Crippen LogP contribution in [0, 0.1) is 0 Å². The largest absolute Gasteiger partial charge is 0.457 e. The molecule has 3 rings (SSSR count). The van der Waals surface area contributed by atoms with E-state index >= 15 is 0 Å². The number of carbonyl (C=O) groups excluding carboxylic acids is 2. The second-order valence-electron chi connectivity index (χ2n) is 6.70. The molecule has 5 heteroatoms. The monoisotopic (exact) mass is 366 g/mol. The summed E-state index contributed by atoms with van der Waals surface area (Å²) in [7, 11) is 0. The number of benzene rings is 2. The summed E-state index contributed by atoms with van der Waals surface area (Å²) in [5.41, 5.74) is 0.964. The van der Waals surface area contributed by atoms with Crippen LogP contribution < -0.4 is 4.74 Å². The maximum absolute atomic E-state index is 12.6. The molecule has 2 aromatic carbocycles. The van der Waals surface area contributed by atoms with Gasteiger partial charge in [-0.15, -0.1) is 0 Å². The van der Waals surface area contributed by atoms with Gasteiger partial charge in [0, 0.05) is 32.6 Å². The first-order chi connectivity index (χ1) is 13.2. The predicted octanol–water partition coefficient (Wildman–Crippen LogP) is 3.49. The predicted molar refractivity (Wildman–Crippen MR) is 105 cm³/mol. The van der Waals surface area contributed by atoms with Crippen molar-refractivity contribution in [3.8, 4) is 11.5 Å². The molecule has 142 valence electrons. The van der Waals surface area contributed by atoms with E-state index in [-0.39, 0.29) is 11.8 Å². The summed E-state index contributed by atoms with van der Waals surface area (Å²) in [6, 6.07) is 17.3. The Morgan fingerprint density at radius 3 is 2.04 bits per heavy atom. The summed E-state index contributed by atoms with van der Waals surface area (Å²) in [5.74, 6) is 1.81. The lowest BCUT2D eigenvalue weighted by Gasteiger charge is -2.22. The van der Waals surface area contributed by atoms with E-state index in [0.29, 0.717) is 32.5 Å². The van der Waals surface area contributed by atoms with Gasteiger partial charge < -0.3 is 14.5 Å². The molecule has 2 aromatic rings. The highest BCUT2D eigenvalue weighted by molar-refractivity contribution is 5.79. The van der Waals surface area contributed by atoms with Gasteiger partial charge in [0.1, 0.15) is 11.5 Å². The van der Waals surface area contributed by atoms with Crippen LogP contribution in [0.15, 0.2) is 54.6 Å². The molecule has 2 amide bonds. The second-order valence-corrected chi connectivity index (χ2v) is 6.70. The lowest BCUT2D eigenvalue weighted by molar-refractivity contribution is -0.133. The number of carbonyl (C=O) groups is 2. The van der Waals surface area contributed by atoms with Gasteiger partial charge in [-0.25, -0.2) is 0 Å². The lowest BCUT2D eigenvalue weighted by atomic mass is 10.1. The molecule has 1 saturated heterocycles. The Kier molecular flexibility index (Phi) is 6.47. The van der Waals surface area contributed by atoms with Crippen molar-refractivity contribution >= 4 is 11.8 Å². The Hall–Kier alpha value is -2.82. The molecule has 0 aliphatic carbocycles. The van der Waals surface area contributed by atoms with Gasteiger partial charge in [0.2, 0.25) is 11.8 Å². The molecule has 5 nitrogen and oxygen atoms in total. The number of nitrogens with zero attached hydrogens (tertiary/aromatic N) is 2. The number of rotatable bonds is 5. The topological polar surface area (TPSA) is 49.9 Å². The van der Waals surface area contributed by atoms with E-state index in [2.05, 4.69) is 0 Å². The number of para-hydroxylation sites is 1. The first kappa shape index (κ1) is 19.0. The van der Waals surface area contributed by atoms with E-state index in [0.717, 1.165) is 30.0 Å². The van der Waals surface area contributed by atoms with E-state index in [1.165, 1.54) is 0 Å². The fourth-order valence-electron chi connectivity index (χ4n) is 3.23. The molecule has 0 atom stereocenters. The Labute approximate surface area is 160 Å². The quantitative estimate of drug-likeness (QED) is 0.814. The molecular weight excluding hydrogens is 340 g/mol. The van der Waals surface area contributed by atoms with Gasteiger partial charge in [-0.2, -0.15) is 0 Å². The molecule has 0 saturated carbocycles. The van der Waals surface area contributed by atoms with Crippen LogP contribution in [-0.4, -0.2) is 47.8 Å². The maximum atomic E-state index is 12.6. The van der Waals surface area contributed by atoms with Crippen LogP contribution in [0.3, 0.4) is 0 Å². The minimum Gasteiger partial charge on any atom is -0.457 e. The summed E-state index contributed by atoms with van der Waals surface area (Å²) >= 11 is 0. The molecule has 27 heavy (non-hydrogen) atoms. The van der Waals surface area contributed by atoms with E-state index in [4.69, 9.17) is 4.74 Å². The van der Waals surface area contributed by atoms with Gasteiger partial charge in [-0.1, -0.05) is 37.3 Å². The minimum absolute atomic E-state index is 0.109. The van der Waals surface area contributed by atoms with Crippen LogP contribution in [-0.2, 0) is 16.0 Å². The van der Waals surface area contributed by atoms with Crippen molar-refractivity contribution in [3.63, 3.8) is 0 Å². The zero-order valence-corrected chi connectivity index (χ0v) is 15.8. The van der Waals surface area contributed by atoms with E-state index in [1.54, 1.807) is 0 Å². The molecule has 0 bridgehead atoms. The zero-order chi connectivity index (χ0) is 19.1. The fraction of sp³-hybridized carbons (Fsp3) is 0.364. The number of amides is 2. The Bertz CT molecular complexity index is 759. The van der Waals surface area contributed by atoms with Crippen LogP contribution in [0.1, 0.15) is 25.3 Å². The zero-order valence-electron chi connectivity index (χ0n) is 15.8. The van der Waals surface area contributed by atoms with Crippen molar-refractivity contribution in [2.45, 2.75) is 26.2 Å². The minimum atomic E-state index is 0.109. The summed E-state index contributed by atoms with van der Waals surface area (Å²) in [5, 5.41) is 0. The Morgan fingerprint density at radius 2 is 1.41 bits per heavy atom. The van der Waals surface area contributed by atoms with Crippen LogP contribution in [0.25, 0.3) is 0 Å². The number of hydrogen-bond acceptors (Lipinski definition) is 3. The van der Waals surface area contributed by atoms with Crippen molar-refractivity contribution in [2.24, 2.45) is 0 Å². The first-order valence-electron chi connectivity index (χ1n) is 9.53. The molecule has 0 aromatic heterocycles. The Morgan fingerprint density at radius 1 is 0.815 bits per heavy atom.